The van der Waals surface area contributed by atoms with Crippen molar-refractivity contribution < 1.29 is 27.1 Å². The van der Waals surface area contributed by atoms with Crippen molar-refractivity contribution >= 4 is 33.2 Å². The van der Waals surface area contributed by atoms with Crippen LogP contribution in [0.3, 0.4) is 0 Å². The predicted molar refractivity (Wildman–Crippen MR) is 112 cm³/mol. The Morgan fingerprint density at radius 3 is 2.63 bits per heavy atom. The average Bonchev–Trinajstić information content (AvgIpc) is 2.71. The normalized spacial score (nSPS) is 16.6. The first kappa shape index (κ1) is 22.2. The van der Waals surface area contributed by atoms with Crippen molar-refractivity contribution in [2.45, 2.75) is 25.5 Å². The molecule has 10 heteroatoms. The van der Waals surface area contributed by atoms with Crippen LogP contribution in [0.5, 0.6) is 11.5 Å². The summed E-state index contributed by atoms with van der Waals surface area (Å²) in [5.74, 6) is 0.0173. The van der Waals surface area contributed by atoms with Crippen LogP contribution >= 0.6 is 11.6 Å². The van der Waals surface area contributed by atoms with Crippen LogP contribution in [0.2, 0.25) is 5.02 Å². The Kier molecular flexibility index (Phi) is 6.72. The van der Waals surface area contributed by atoms with Crippen molar-refractivity contribution in [1.82, 2.24) is 5.32 Å². The van der Waals surface area contributed by atoms with Gasteiger partial charge in [0.15, 0.2) is 11.5 Å². The number of anilines is 1. The van der Waals surface area contributed by atoms with Crippen LogP contribution in [-0.2, 0) is 14.8 Å². The molecule has 1 aliphatic heterocycles. The molecule has 0 aromatic heterocycles. The molecule has 3 rings (SSSR count). The molecule has 1 aliphatic rings. The minimum Gasteiger partial charge on any atom is -0.486 e. The number of halogens is 2. The minimum atomic E-state index is -3.85. The van der Waals surface area contributed by atoms with Gasteiger partial charge in [-0.15, -0.1) is 0 Å². The van der Waals surface area contributed by atoms with Crippen LogP contribution in [0.15, 0.2) is 42.5 Å². The maximum absolute atomic E-state index is 13.5. The van der Waals surface area contributed by atoms with Gasteiger partial charge in [0.05, 0.1) is 23.5 Å². The molecule has 0 bridgehead atoms. The van der Waals surface area contributed by atoms with Gasteiger partial charge in [0.25, 0.3) is 0 Å². The van der Waals surface area contributed by atoms with Gasteiger partial charge in [0.1, 0.15) is 24.6 Å². The van der Waals surface area contributed by atoms with Crippen LogP contribution in [0.1, 0.15) is 13.3 Å². The third kappa shape index (κ3) is 4.96. The van der Waals surface area contributed by atoms with Gasteiger partial charge in [-0.25, -0.2) is 12.8 Å². The number of para-hydroxylation sites is 2. The summed E-state index contributed by atoms with van der Waals surface area (Å²) in [7, 11) is -3.85. The highest BCUT2D eigenvalue weighted by molar-refractivity contribution is 7.92. The first-order chi connectivity index (χ1) is 14.2. The molecule has 0 unspecified atom stereocenters. The topological polar surface area (TPSA) is 84.9 Å². The SMILES string of the molecule is CC[C@H](C(=O)NC[C@H]1COc2ccccc2O1)N(c1ccc(F)c(Cl)c1)S(C)(=O)=O. The van der Waals surface area contributed by atoms with Crippen molar-refractivity contribution in [3.63, 3.8) is 0 Å². The number of carbonyl (C=O) groups is 1. The van der Waals surface area contributed by atoms with E-state index in [1.807, 2.05) is 12.1 Å². The number of amides is 1. The monoisotopic (exact) mass is 456 g/mol. The molecule has 1 amide bonds. The average molecular weight is 457 g/mol. The molecule has 0 radical (unpaired) electrons. The number of rotatable bonds is 7. The number of ether oxygens (including phenoxy) is 2. The maximum atomic E-state index is 13.5. The first-order valence-electron chi connectivity index (χ1n) is 9.31. The smallest absolute Gasteiger partial charge is 0.244 e. The van der Waals surface area contributed by atoms with Gasteiger partial charge in [0, 0.05) is 0 Å². The maximum Gasteiger partial charge on any atom is 0.244 e. The molecule has 162 valence electrons. The summed E-state index contributed by atoms with van der Waals surface area (Å²) < 4.78 is 50.8. The zero-order valence-corrected chi connectivity index (χ0v) is 18.0. The van der Waals surface area contributed by atoms with E-state index in [2.05, 4.69) is 5.32 Å². The van der Waals surface area contributed by atoms with Crippen molar-refractivity contribution in [2.24, 2.45) is 0 Å². The van der Waals surface area contributed by atoms with E-state index in [0.29, 0.717) is 11.5 Å². The summed E-state index contributed by atoms with van der Waals surface area (Å²) in [4.78, 5) is 12.9. The van der Waals surface area contributed by atoms with E-state index in [0.717, 1.165) is 16.6 Å². The number of hydrogen-bond acceptors (Lipinski definition) is 5. The number of nitrogens with zero attached hydrogens (tertiary/aromatic N) is 1. The van der Waals surface area contributed by atoms with Gasteiger partial charge in [-0.3, -0.25) is 9.10 Å². The van der Waals surface area contributed by atoms with E-state index in [-0.39, 0.29) is 30.3 Å². The molecule has 0 spiro atoms. The lowest BCUT2D eigenvalue weighted by atomic mass is 10.2. The second-order valence-corrected chi connectivity index (χ2v) is 9.09. The lowest BCUT2D eigenvalue weighted by Crippen LogP contribution is -2.51. The van der Waals surface area contributed by atoms with Gasteiger partial charge in [-0.05, 0) is 36.8 Å². The lowest BCUT2D eigenvalue weighted by molar-refractivity contribution is -0.122. The highest BCUT2D eigenvalue weighted by Crippen LogP contribution is 2.31. The van der Waals surface area contributed by atoms with Crippen molar-refractivity contribution in [2.75, 3.05) is 23.7 Å². The Hall–Kier alpha value is -2.52. The molecule has 1 heterocycles. The van der Waals surface area contributed by atoms with Gasteiger partial charge >= 0.3 is 0 Å². The standard InChI is InChI=1S/C20H22ClFN2O5S/c1-3-17(24(30(2,26)27)13-8-9-16(22)15(21)10-13)20(25)23-11-14-12-28-18-6-4-5-7-19(18)29-14/h4-10,14,17H,3,11-12H2,1-2H3,(H,23,25)/t14-,17+/m0/s1. The van der Waals surface area contributed by atoms with E-state index >= 15 is 0 Å². The number of nitrogens with one attached hydrogen (secondary N) is 1. The quantitative estimate of drug-likeness (QED) is 0.692. The number of hydrogen-bond donors (Lipinski definition) is 1. The third-order valence-corrected chi connectivity index (χ3v) is 6.03. The van der Waals surface area contributed by atoms with E-state index in [1.54, 1.807) is 19.1 Å². The van der Waals surface area contributed by atoms with Gasteiger partial charge < -0.3 is 14.8 Å². The molecule has 2 aromatic rings. The van der Waals surface area contributed by atoms with E-state index in [4.69, 9.17) is 21.1 Å². The highest BCUT2D eigenvalue weighted by Gasteiger charge is 2.32. The van der Waals surface area contributed by atoms with Crippen LogP contribution in [0.25, 0.3) is 0 Å². The number of sulfonamides is 1. The summed E-state index contributed by atoms with van der Waals surface area (Å²) in [6.45, 7) is 2.06. The molecule has 1 N–H and O–H groups in total. The fourth-order valence-electron chi connectivity index (χ4n) is 3.18. The van der Waals surface area contributed by atoms with Crippen molar-refractivity contribution in [3.8, 4) is 11.5 Å². The highest BCUT2D eigenvalue weighted by atomic mass is 35.5. The molecular formula is C20H22ClFN2O5S. The molecule has 0 aliphatic carbocycles. The molecule has 2 atom stereocenters. The summed E-state index contributed by atoms with van der Waals surface area (Å²) >= 11 is 5.81. The van der Waals surface area contributed by atoms with Gasteiger partial charge in [0.2, 0.25) is 15.9 Å². The fourth-order valence-corrected chi connectivity index (χ4v) is 4.56. The molecule has 2 aromatic carbocycles. The summed E-state index contributed by atoms with van der Waals surface area (Å²) in [5.41, 5.74) is 0.108. The zero-order chi connectivity index (χ0) is 21.9. The second kappa shape index (κ2) is 9.09. The molecular weight excluding hydrogens is 435 g/mol. The predicted octanol–water partition coefficient (Wildman–Crippen LogP) is 2.98. The van der Waals surface area contributed by atoms with Crippen LogP contribution in [0, 0.1) is 5.82 Å². The van der Waals surface area contributed by atoms with E-state index < -0.39 is 33.9 Å². The number of benzene rings is 2. The Morgan fingerprint density at radius 2 is 2.00 bits per heavy atom. The minimum absolute atomic E-state index is 0.108. The Morgan fingerprint density at radius 1 is 1.30 bits per heavy atom. The fraction of sp³-hybridized carbons (Fsp3) is 0.350. The number of carbonyl (C=O) groups excluding carboxylic acids is 1. The second-order valence-electron chi connectivity index (χ2n) is 6.82. The zero-order valence-electron chi connectivity index (χ0n) is 16.5. The van der Waals surface area contributed by atoms with Crippen molar-refractivity contribution in [1.29, 1.82) is 0 Å². The van der Waals surface area contributed by atoms with Gasteiger partial charge in [-0.2, -0.15) is 0 Å². The van der Waals surface area contributed by atoms with Crippen LogP contribution < -0.4 is 19.1 Å². The number of fused-ring (bicyclic) bond motifs is 1. The van der Waals surface area contributed by atoms with E-state index in [9.17, 15) is 17.6 Å². The molecule has 0 saturated carbocycles. The Balaban J connectivity index is 1.74. The van der Waals surface area contributed by atoms with Gasteiger partial charge in [-0.1, -0.05) is 30.7 Å². The summed E-state index contributed by atoms with van der Waals surface area (Å²) in [6, 6.07) is 9.67. The Bertz CT molecular complexity index is 1030. The first-order valence-corrected chi connectivity index (χ1v) is 11.5. The summed E-state index contributed by atoms with van der Waals surface area (Å²) in [5, 5.41) is 2.49. The summed E-state index contributed by atoms with van der Waals surface area (Å²) in [6.07, 6.45) is 0.752. The molecule has 7 nitrogen and oxygen atoms in total. The molecule has 0 saturated heterocycles. The van der Waals surface area contributed by atoms with Crippen LogP contribution in [0.4, 0.5) is 10.1 Å². The largest absolute Gasteiger partial charge is 0.486 e. The van der Waals surface area contributed by atoms with Crippen LogP contribution in [-0.4, -0.2) is 45.9 Å². The Labute approximate surface area is 179 Å². The lowest BCUT2D eigenvalue weighted by Gasteiger charge is -2.31. The van der Waals surface area contributed by atoms with E-state index in [1.165, 1.54) is 12.1 Å². The molecule has 0 fully saturated rings. The third-order valence-electron chi connectivity index (χ3n) is 4.56. The molecule has 30 heavy (non-hydrogen) atoms. The van der Waals surface area contributed by atoms with Crippen molar-refractivity contribution in [3.05, 3.63) is 53.3 Å².